The Hall–Kier alpha value is -3.36. The maximum Gasteiger partial charge on any atom is 0.311 e. The molecule has 0 aliphatic heterocycles. The molecule has 0 bridgehead atoms. The van der Waals surface area contributed by atoms with Gasteiger partial charge in [-0.3, -0.25) is 9.59 Å². The number of nitrogens with zero attached hydrogens (tertiary/aromatic N) is 1. The summed E-state index contributed by atoms with van der Waals surface area (Å²) in [7, 11) is 0. The van der Waals surface area contributed by atoms with Crippen LogP contribution < -0.4 is 4.74 Å². The Morgan fingerprint density at radius 2 is 1.90 bits per heavy atom. The summed E-state index contributed by atoms with van der Waals surface area (Å²) >= 11 is 0. The van der Waals surface area contributed by atoms with Crippen molar-refractivity contribution >= 4 is 11.9 Å². The summed E-state index contributed by atoms with van der Waals surface area (Å²) in [4.78, 5) is 39.0. The molecule has 1 N–H and O–H groups in total. The number of phenols is 1. The first kappa shape index (κ1) is 32.8. The van der Waals surface area contributed by atoms with Gasteiger partial charge in [-0.05, 0) is 67.2 Å². The molecule has 0 heterocycles. The van der Waals surface area contributed by atoms with Gasteiger partial charge in [0.05, 0.1) is 6.61 Å². The number of allylic oxidation sites excluding steroid dienone is 2. The van der Waals surface area contributed by atoms with E-state index >= 15 is 0 Å². The lowest BCUT2D eigenvalue weighted by Crippen LogP contribution is -2.22. The first-order chi connectivity index (χ1) is 18.9. The van der Waals surface area contributed by atoms with Crippen LogP contribution in [0.15, 0.2) is 35.9 Å². The lowest BCUT2D eigenvalue weighted by atomic mass is 9.72. The molecule has 0 aromatic heterocycles. The number of rotatable bonds is 16. The van der Waals surface area contributed by atoms with Gasteiger partial charge in [-0.15, -0.1) is 10.1 Å². The summed E-state index contributed by atoms with van der Waals surface area (Å²) in [6.45, 7) is 13.8. The van der Waals surface area contributed by atoms with Gasteiger partial charge in [-0.2, -0.15) is 0 Å². The highest BCUT2D eigenvalue weighted by Crippen LogP contribution is 2.48. The average Bonchev–Trinajstić information content (AvgIpc) is 2.87. The van der Waals surface area contributed by atoms with E-state index in [4.69, 9.17) is 9.47 Å². The second kappa shape index (κ2) is 15.4. The molecule has 1 aliphatic rings. The highest BCUT2D eigenvalue weighted by Gasteiger charge is 2.33. The number of aromatic hydroxyl groups is 1. The molecule has 1 aromatic rings. The van der Waals surface area contributed by atoms with Gasteiger partial charge in [0, 0.05) is 24.8 Å². The zero-order valence-corrected chi connectivity index (χ0v) is 24.6. The van der Waals surface area contributed by atoms with Crippen LogP contribution >= 0.6 is 0 Å². The minimum Gasteiger partial charge on any atom is -0.507 e. The van der Waals surface area contributed by atoms with Crippen LogP contribution in [0.4, 0.5) is 0 Å². The number of esters is 2. The van der Waals surface area contributed by atoms with Crippen molar-refractivity contribution in [2.75, 3.05) is 13.2 Å². The van der Waals surface area contributed by atoms with Crippen molar-refractivity contribution in [2.45, 2.75) is 104 Å². The number of hydrogen-bond donors (Lipinski definition) is 1. The van der Waals surface area contributed by atoms with Crippen molar-refractivity contribution in [1.29, 1.82) is 0 Å². The van der Waals surface area contributed by atoms with E-state index in [1.54, 1.807) is 6.07 Å². The number of carbonyl (C=O) groups is 2. The molecule has 9 heteroatoms. The van der Waals surface area contributed by atoms with Crippen molar-refractivity contribution in [2.24, 2.45) is 5.92 Å². The molecule has 0 fully saturated rings. The van der Waals surface area contributed by atoms with Crippen LogP contribution in [0.25, 0.3) is 0 Å². The molecule has 9 nitrogen and oxygen atoms in total. The van der Waals surface area contributed by atoms with E-state index in [0.29, 0.717) is 5.56 Å². The van der Waals surface area contributed by atoms with Gasteiger partial charge in [0.25, 0.3) is 5.09 Å². The fraction of sp³-hybridized carbons (Fsp3) is 0.613. The quantitative estimate of drug-likeness (QED) is 0.0568. The molecule has 0 saturated heterocycles. The summed E-state index contributed by atoms with van der Waals surface area (Å²) in [6, 6.07) is 3.60. The Morgan fingerprint density at radius 3 is 2.52 bits per heavy atom. The van der Waals surface area contributed by atoms with Gasteiger partial charge in [0.2, 0.25) is 0 Å². The molecular weight excluding hydrogens is 514 g/mol. The topological polar surface area (TPSA) is 125 Å². The standard InChI is InChI=1S/C31H45NO8/c1-7-8-9-10-15-31(5,6)24-18-27(34)30(28(19-24)40-29(35)12-11-16-39-32(36)37)26-17-23(20-38-22(4)33)13-14-25(26)21(2)3/h17-19,25-26,34H,2,7-16,20H2,1,3-6H3/t25-,26+/m1/s1. The highest BCUT2D eigenvalue weighted by molar-refractivity contribution is 5.73. The summed E-state index contributed by atoms with van der Waals surface area (Å²) < 4.78 is 11.1. The second-order valence-corrected chi connectivity index (χ2v) is 11.4. The van der Waals surface area contributed by atoms with Crippen LogP contribution in [0.5, 0.6) is 11.5 Å². The molecule has 0 unspecified atom stereocenters. The van der Waals surface area contributed by atoms with Crippen molar-refractivity contribution in [3.05, 3.63) is 57.2 Å². The Morgan fingerprint density at radius 1 is 1.18 bits per heavy atom. The monoisotopic (exact) mass is 559 g/mol. The third kappa shape index (κ3) is 9.99. The predicted octanol–water partition coefficient (Wildman–Crippen LogP) is 7.09. The third-order valence-electron chi connectivity index (χ3n) is 7.56. The zero-order chi connectivity index (χ0) is 29.9. The van der Waals surface area contributed by atoms with Gasteiger partial charge in [0.15, 0.2) is 0 Å². The van der Waals surface area contributed by atoms with Crippen LogP contribution in [0.3, 0.4) is 0 Å². The van der Waals surface area contributed by atoms with Crippen LogP contribution in [0.1, 0.15) is 109 Å². The van der Waals surface area contributed by atoms with Crippen LogP contribution in [-0.4, -0.2) is 35.3 Å². The van der Waals surface area contributed by atoms with Gasteiger partial charge < -0.3 is 19.4 Å². The lowest BCUT2D eigenvalue weighted by molar-refractivity contribution is -0.757. The maximum atomic E-state index is 12.8. The molecular formula is C31H45NO8. The van der Waals surface area contributed by atoms with Crippen LogP contribution in [0.2, 0.25) is 0 Å². The number of benzene rings is 1. The molecule has 222 valence electrons. The predicted molar refractivity (Wildman–Crippen MR) is 153 cm³/mol. The Bertz CT molecular complexity index is 1090. The average molecular weight is 560 g/mol. The summed E-state index contributed by atoms with van der Waals surface area (Å²) in [5, 5.41) is 21.0. The van der Waals surface area contributed by atoms with E-state index in [2.05, 4.69) is 32.2 Å². The molecule has 0 spiro atoms. The van der Waals surface area contributed by atoms with Gasteiger partial charge in [-0.1, -0.05) is 64.7 Å². The second-order valence-electron chi connectivity index (χ2n) is 11.4. The minimum absolute atomic E-state index is 0.0224. The van der Waals surface area contributed by atoms with Crippen LogP contribution in [0, 0.1) is 16.0 Å². The molecule has 2 atom stereocenters. The summed E-state index contributed by atoms with van der Waals surface area (Å²) in [6.07, 6.45) is 8.85. The Balaban J connectivity index is 2.50. The van der Waals surface area contributed by atoms with Crippen molar-refractivity contribution in [3.8, 4) is 11.5 Å². The number of phenolic OH excluding ortho intramolecular Hbond substituents is 1. The molecule has 0 amide bonds. The van der Waals surface area contributed by atoms with Crippen molar-refractivity contribution in [3.63, 3.8) is 0 Å². The van der Waals surface area contributed by atoms with Gasteiger partial charge in [-0.25, -0.2) is 0 Å². The van der Waals surface area contributed by atoms with Gasteiger partial charge >= 0.3 is 11.9 Å². The van der Waals surface area contributed by atoms with Crippen molar-refractivity contribution in [1.82, 2.24) is 0 Å². The van der Waals surface area contributed by atoms with E-state index in [9.17, 15) is 24.8 Å². The molecule has 2 rings (SSSR count). The molecule has 1 aliphatic carbocycles. The fourth-order valence-electron chi connectivity index (χ4n) is 5.22. The minimum atomic E-state index is -0.895. The smallest absolute Gasteiger partial charge is 0.311 e. The number of unbranched alkanes of at least 4 members (excludes halogenated alkanes) is 3. The maximum absolute atomic E-state index is 12.8. The molecule has 0 radical (unpaired) electrons. The first-order valence-corrected chi connectivity index (χ1v) is 14.2. The van der Waals surface area contributed by atoms with Crippen LogP contribution in [-0.2, 0) is 24.6 Å². The third-order valence-corrected chi connectivity index (χ3v) is 7.56. The normalized spacial score (nSPS) is 17.1. The van der Waals surface area contributed by atoms with Crippen molar-refractivity contribution < 1.29 is 34.1 Å². The summed E-state index contributed by atoms with van der Waals surface area (Å²) in [5.74, 6) is -1.02. The Labute approximate surface area is 237 Å². The van der Waals surface area contributed by atoms with Gasteiger partial charge in [0.1, 0.15) is 18.1 Å². The molecule has 0 saturated carbocycles. The fourth-order valence-corrected chi connectivity index (χ4v) is 5.22. The summed E-state index contributed by atoms with van der Waals surface area (Å²) in [5.41, 5.74) is 2.92. The SMILES string of the molecule is C=C(C)[C@H]1CCC(COC(C)=O)=C[C@@H]1c1c(O)cc(C(C)(C)CCCCCC)cc1OC(=O)CCCO[N+](=O)[O-]. The Kier molecular flexibility index (Phi) is 12.7. The molecule has 40 heavy (non-hydrogen) atoms. The first-order valence-electron chi connectivity index (χ1n) is 14.2. The lowest BCUT2D eigenvalue weighted by Gasteiger charge is -2.33. The van der Waals surface area contributed by atoms with E-state index in [1.807, 2.05) is 19.1 Å². The van der Waals surface area contributed by atoms with E-state index < -0.39 is 11.1 Å². The van der Waals surface area contributed by atoms with E-state index in [0.717, 1.165) is 61.7 Å². The molecule has 1 aromatic carbocycles. The number of hydrogen-bond acceptors (Lipinski definition) is 8. The zero-order valence-electron chi connectivity index (χ0n) is 24.6. The van der Waals surface area contributed by atoms with E-state index in [-0.39, 0.29) is 60.8 Å². The highest BCUT2D eigenvalue weighted by atomic mass is 16.9. The largest absolute Gasteiger partial charge is 0.507 e. The van der Waals surface area contributed by atoms with E-state index in [1.165, 1.54) is 6.92 Å². The number of ether oxygens (including phenoxy) is 2. The number of carbonyl (C=O) groups excluding carboxylic acids is 2.